The summed E-state index contributed by atoms with van der Waals surface area (Å²) in [6.45, 7) is 1.85. The number of methoxy groups -OCH3 is 1. The van der Waals surface area contributed by atoms with Crippen LogP contribution in [0.15, 0.2) is 18.2 Å². The summed E-state index contributed by atoms with van der Waals surface area (Å²) in [5.74, 6) is 0.376. The first-order valence-electron chi connectivity index (χ1n) is 6.02. The summed E-state index contributed by atoms with van der Waals surface area (Å²) in [7, 11) is 1.40. The maximum Gasteiger partial charge on any atom is 0.425 e. The number of rotatable bonds is 6. The van der Waals surface area contributed by atoms with Gasteiger partial charge < -0.3 is 15.2 Å². The van der Waals surface area contributed by atoms with Gasteiger partial charge in [-0.15, -0.1) is 0 Å². The van der Waals surface area contributed by atoms with Crippen LogP contribution in [0.5, 0.6) is 11.5 Å². The van der Waals surface area contributed by atoms with E-state index >= 15 is 0 Å². The van der Waals surface area contributed by atoms with Gasteiger partial charge in [0, 0.05) is 6.42 Å². The predicted molar refractivity (Wildman–Crippen MR) is 66.5 cm³/mol. The fourth-order valence-corrected chi connectivity index (χ4v) is 1.62. The maximum absolute atomic E-state index is 12.8. The molecule has 0 aliphatic rings. The molecule has 3 nitrogen and oxygen atoms in total. The highest BCUT2D eigenvalue weighted by atomic mass is 19.4. The molecule has 0 aromatic heterocycles. The zero-order valence-electron chi connectivity index (χ0n) is 11.0. The summed E-state index contributed by atoms with van der Waals surface area (Å²) >= 11 is 0. The number of ether oxygens (including phenoxy) is 2. The van der Waals surface area contributed by atoms with Crippen molar-refractivity contribution in [1.82, 2.24) is 0 Å². The Morgan fingerprint density at radius 1 is 1.26 bits per heavy atom. The number of aryl methyl sites for hydroxylation is 1. The second kappa shape index (κ2) is 6.65. The van der Waals surface area contributed by atoms with Gasteiger partial charge in [-0.2, -0.15) is 13.2 Å². The van der Waals surface area contributed by atoms with Gasteiger partial charge in [-0.3, -0.25) is 0 Å². The lowest BCUT2D eigenvalue weighted by molar-refractivity contribution is -0.196. The molecule has 19 heavy (non-hydrogen) atoms. The monoisotopic (exact) mass is 277 g/mol. The van der Waals surface area contributed by atoms with Crippen LogP contribution in [0.2, 0.25) is 0 Å². The van der Waals surface area contributed by atoms with E-state index in [2.05, 4.69) is 0 Å². The fraction of sp³-hybridized carbons (Fsp3) is 0.538. The molecule has 0 heterocycles. The molecule has 0 spiro atoms. The zero-order chi connectivity index (χ0) is 14.5. The van der Waals surface area contributed by atoms with E-state index < -0.39 is 12.3 Å². The van der Waals surface area contributed by atoms with Gasteiger partial charge in [-0.25, -0.2) is 0 Å². The van der Waals surface area contributed by atoms with Gasteiger partial charge in [0.25, 0.3) is 0 Å². The molecule has 6 heteroatoms. The smallest absolute Gasteiger partial charge is 0.425 e. The number of nitrogens with two attached hydrogens (primary N) is 1. The Morgan fingerprint density at radius 3 is 2.42 bits per heavy atom. The lowest BCUT2D eigenvalue weighted by Crippen LogP contribution is -2.36. The van der Waals surface area contributed by atoms with Crippen LogP contribution in [-0.2, 0) is 6.42 Å². The van der Waals surface area contributed by atoms with Crippen LogP contribution in [0.3, 0.4) is 0 Å². The van der Waals surface area contributed by atoms with Crippen molar-refractivity contribution >= 4 is 0 Å². The van der Waals surface area contributed by atoms with E-state index in [-0.39, 0.29) is 18.7 Å². The quantitative estimate of drug-likeness (QED) is 0.869. The first kappa shape index (κ1) is 15.6. The van der Waals surface area contributed by atoms with Crippen LogP contribution in [0.25, 0.3) is 0 Å². The zero-order valence-corrected chi connectivity index (χ0v) is 11.0. The summed E-state index contributed by atoms with van der Waals surface area (Å²) in [5, 5.41) is 0. The van der Waals surface area contributed by atoms with Gasteiger partial charge in [-0.05, 0) is 30.7 Å². The van der Waals surface area contributed by atoms with Gasteiger partial charge in [0.05, 0.1) is 7.11 Å². The second-order valence-electron chi connectivity index (χ2n) is 4.06. The van der Waals surface area contributed by atoms with Crippen molar-refractivity contribution in [3.63, 3.8) is 0 Å². The van der Waals surface area contributed by atoms with E-state index in [0.29, 0.717) is 5.75 Å². The molecule has 1 aromatic carbocycles. The molecule has 0 fully saturated rings. The summed E-state index contributed by atoms with van der Waals surface area (Å²) < 4.78 is 48.3. The van der Waals surface area contributed by atoms with Crippen molar-refractivity contribution in [2.24, 2.45) is 5.73 Å². The average Bonchev–Trinajstić information content (AvgIpc) is 2.37. The lowest BCUT2D eigenvalue weighted by Gasteiger charge is -2.22. The standard InChI is InChI=1S/C13H18F3NO2/c1-3-9-4-5-10(11(8-9)18-2)19-12(6-7-17)13(14,15)16/h4-5,8,12H,3,6-7,17H2,1-2H3. The largest absolute Gasteiger partial charge is 0.493 e. The second-order valence-corrected chi connectivity index (χ2v) is 4.06. The number of halogens is 3. The minimum atomic E-state index is -4.45. The van der Waals surface area contributed by atoms with Crippen molar-refractivity contribution in [2.45, 2.75) is 32.0 Å². The molecule has 0 bridgehead atoms. The minimum absolute atomic E-state index is 0.0791. The summed E-state index contributed by atoms with van der Waals surface area (Å²) in [6, 6.07) is 4.88. The maximum atomic E-state index is 12.8. The number of hydrogen-bond donors (Lipinski definition) is 1. The third kappa shape index (κ3) is 4.31. The van der Waals surface area contributed by atoms with E-state index in [1.165, 1.54) is 13.2 Å². The van der Waals surface area contributed by atoms with Crippen LogP contribution >= 0.6 is 0 Å². The molecule has 1 atom stereocenters. The van der Waals surface area contributed by atoms with Crippen molar-refractivity contribution in [1.29, 1.82) is 0 Å². The Bertz CT molecular complexity index is 407. The normalized spacial score (nSPS) is 13.2. The summed E-state index contributed by atoms with van der Waals surface area (Å²) in [4.78, 5) is 0. The highest BCUT2D eigenvalue weighted by Gasteiger charge is 2.41. The molecule has 0 aliphatic carbocycles. The molecule has 0 saturated heterocycles. The molecule has 2 N–H and O–H groups in total. The third-order valence-corrected chi connectivity index (χ3v) is 2.70. The van der Waals surface area contributed by atoms with Crippen LogP contribution in [0, 0.1) is 0 Å². The molecule has 1 aromatic rings. The molecule has 108 valence electrons. The Hall–Kier alpha value is -1.43. The Kier molecular flexibility index (Phi) is 5.47. The van der Waals surface area contributed by atoms with E-state index in [9.17, 15) is 13.2 Å². The van der Waals surface area contributed by atoms with Crippen LogP contribution < -0.4 is 15.2 Å². The molecule has 0 aliphatic heterocycles. The number of hydrogen-bond acceptors (Lipinski definition) is 3. The molecule has 1 unspecified atom stereocenters. The Morgan fingerprint density at radius 2 is 1.95 bits per heavy atom. The molecular weight excluding hydrogens is 259 g/mol. The topological polar surface area (TPSA) is 44.5 Å². The van der Waals surface area contributed by atoms with Gasteiger partial charge >= 0.3 is 6.18 Å². The van der Waals surface area contributed by atoms with Gasteiger partial charge in [0.15, 0.2) is 17.6 Å². The summed E-state index contributed by atoms with van der Waals surface area (Å²) in [5.41, 5.74) is 6.15. The first-order valence-corrected chi connectivity index (χ1v) is 6.02. The highest BCUT2D eigenvalue weighted by Crippen LogP contribution is 2.33. The van der Waals surface area contributed by atoms with E-state index in [4.69, 9.17) is 15.2 Å². The van der Waals surface area contributed by atoms with Crippen LogP contribution in [0.1, 0.15) is 18.9 Å². The minimum Gasteiger partial charge on any atom is -0.493 e. The van der Waals surface area contributed by atoms with Crippen LogP contribution in [0.4, 0.5) is 13.2 Å². The van der Waals surface area contributed by atoms with Gasteiger partial charge in [0.2, 0.25) is 0 Å². The van der Waals surface area contributed by atoms with Crippen LogP contribution in [-0.4, -0.2) is 25.9 Å². The van der Waals surface area contributed by atoms with Crippen molar-refractivity contribution in [3.8, 4) is 11.5 Å². The SMILES string of the molecule is CCc1ccc(OC(CCN)C(F)(F)F)c(OC)c1. The Balaban J connectivity index is 2.95. The molecular formula is C13H18F3NO2. The van der Waals surface area contributed by atoms with Gasteiger partial charge in [-0.1, -0.05) is 13.0 Å². The first-order chi connectivity index (χ1) is 8.92. The molecule has 1 rings (SSSR count). The average molecular weight is 277 g/mol. The molecule has 0 amide bonds. The van der Waals surface area contributed by atoms with Gasteiger partial charge in [0.1, 0.15) is 0 Å². The van der Waals surface area contributed by atoms with E-state index in [0.717, 1.165) is 12.0 Å². The Labute approximate surface area is 110 Å². The third-order valence-electron chi connectivity index (χ3n) is 2.70. The highest BCUT2D eigenvalue weighted by molar-refractivity contribution is 5.43. The van der Waals surface area contributed by atoms with E-state index in [1.807, 2.05) is 6.92 Å². The molecule has 0 radical (unpaired) electrons. The van der Waals surface area contributed by atoms with Crippen molar-refractivity contribution in [3.05, 3.63) is 23.8 Å². The van der Waals surface area contributed by atoms with Crippen molar-refractivity contribution < 1.29 is 22.6 Å². The predicted octanol–water partition coefficient (Wildman–Crippen LogP) is 2.92. The molecule has 0 saturated carbocycles. The number of alkyl halides is 3. The van der Waals surface area contributed by atoms with E-state index in [1.54, 1.807) is 12.1 Å². The lowest BCUT2D eigenvalue weighted by atomic mass is 10.1. The summed E-state index contributed by atoms with van der Waals surface area (Å²) in [6.07, 6.45) is -5.89. The number of benzene rings is 1. The van der Waals surface area contributed by atoms with Crippen molar-refractivity contribution in [2.75, 3.05) is 13.7 Å². The fourth-order valence-electron chi connectivity index (χ4n) is 1.62.